The van der Waals surface area contributed by atoms with Crippen LogP contribution in [0.25, 0.3) is 0 Å². The second-order valence-electron chi connectivity index (χ2n) is 11.3. The van der Waals surface area contributed by atoms with Gasteiger partial charge < -0.3 is 9.80 Å². The molecular formula is C32H37F3N4O. The van der Waals surface area contributed by atoms with Crippen molar-refractivity contribution >= 4 is 17.3 Å². The summed E-state index contributed by atoms with van der Waals surface area (Å²) < 4.78 is 39.6. The van der Waals surface area contributed by atoms with E-state index in [0.717, 1.165) is 67.0 Å². The van der Waals surface area contributed by atoms with Crippen LogP contribution in [0.3, 0.4) is 0 Å². The summed E-state index contributed by atoms with van der Waals surface area (Å²) in [6.45, 7) is 9.39. The molecule has 1 amide bonds. The van der Waals surface area contributed by atoms with Crippen molar-refractivity contribution in [3.8, 4) is 0 Å². The van der Waals surface area contributed by atoms with Gasteiger partial charge in [0.15, 0.2) is 0 Å². The van der Waals surface area contributed by atoms with Gasteiger partial charge in [0.05, 0.1) is 16.8 Å². The number of aromatic nitrogens is 1. The van der Waals surface area contributed by atoms with Crippen molar-refractivity contribution in [2.45, 2.75) is 64.2 Å². The number of carbonyl (C=O) groups excluding carboxylic acids is 1. The van der Waals surface area contributed by atoms with Gasteiger partial charge in [0.25, 0.3) is 5.91 Å². The third-order valence-corrected chi connectivity index (χ3v) is 8.79. The molecule has 2 fully saturated rings. The number of benzene rings is 2. The molecule has 0 spiro atoms. The average Bonchev–Trinajstić information content (AvgIpc) is 2.94. The summed E-state index contributed by atoms with van der Waals surface area (Å²) in [6, 6.07) is 17.5. The summed E-state index contributed by atoms with van der Waals surface area (Å²) in [7, 11) is 0. The van der Waals surface area contributed by atoms with Gasteiger partial charge in [0, 0.05) is 55.3 Å². The number of aryl methyl sites for hydroxylation is 2. The highest BCUT2D eigenvalue weighted by Gasteiger charge is 2.40. The van der Waals surface area contributed by atoms with Crippen LogP contribution in [0.15, 0.2) is 66.9 Å². The van der Waals surface area contributed by atoms with Crippen molar-refractivity contribution < 1.29 is 18.0 Å². The summed E-state index contributed by atoms with van der Waals surface area (Å²) in [6.07, 6.45) is 1.01. The Kier molecular flexibility index (Phi) is 7.91. The first-order valence-corrected chi connectivity index (χ1v) is 14.0. The molecule has 0 aliphatic carbocycles. The highest BCUT2D eigenvalue weighted by Crippen LogP contribution is 2.38. The molecule has 5 nitrogen and oxygen atoms in total. The van der Waals surface area contributed by atoms with Crippen LogP contribution in [-0.4, -0.2) is 58.5 Å². The molecule has 2 aromatic carbocycles. The Morgan fingerprint density at radius 1 is 0.900 bits per heavy atom. The minimum atomic E-state index is -4.35. The zero-order valence-corrected chi connectivity index (χ0v) is 23.4. The van der Waals surface area contributed by atoms with Crippen LogP contribution in [0, 0.1) is 13.8 Å². The van der Waals surface area contributed by atoms with Gasteiger partial charge in [-0.2, -0.15) is 13.2 Å². The van der Waals surface area contributed by atoms with Gasteiger partial charge in [-0.1, -0.05) is 18.2 Å². The number of anilines is 2. The lowest BCUT2D eigenvalue weighted by Crippen LogP contribution is -2.57. The van der Waals surface area contributed by atoms with Crippen molar-refractivity contribution in [2.75, 3.05) is 31.1 Å². The van der Waals surface area contributed by atoms with Crippen molar-refractivity contribution in [2.24, 2.45) is 0 Å². The zero-order chi connectivity index (χ0) is 28.5. The molecule has 0 bridgehead atoms. The number of nitrogens with zero attached hydrogens (tertiary/aromatic N) is 4. The number of likely N-dealkylation sites (tertiary alicyclic amines) is 2. The number of rotatable bonds is 5. The molecule has 0 atom stereocenters. The van der Waals surface area contributed by atoms with Crippen LogP contribution < -0.4 is 4.90 Å². The summed E-state index contributed by atoms with van der Waals surface area (Å²) in [5.41, 5.74) is 3.59. The normalized spacial score (nSPS) is 18.5. The van der Waals surface area contributed by atoms with E-state index >= 15 is 0 Å². The molecule has 5 rings (SSSR count). The van der Waals surface area contributed by atoms with E-state index in [2.05, 4.69) is 21.7 Å². The molecule has 0 radical (unpaired) electrons. The molecular weight excluding hydrogens is 513 g/mol. The lowest BCUT2D eigenvalue weighted by atomic mass is 9.85. The van der Waals surface area contributed by atoms with E-state index in [4.69, 9.17) is 0 Å². The molecule has 2 aliphatic rings. The summed E-state index contributed by atoms with van der Waals surface area (Å²) in [5.74, 6) is 0.0684. The van der Waals surface area contributed by atoms with Gasteiger partial charge in [0.2, 0.25) is 0 Å². The summed E-state index contributed by atoms with van der Waals surface area (Å²) >= 11 is 0. The third-order valence-electron chi connectivity index (χ3n) is 8.79. The van der Waals surface area contributed by atoms with E-state index in [-0.39, 0.29) is 17.5 Å². The Balaban J connectivity index is 1.26. The number of carbonyl (C=O) groups is 1. The number of pyridine rings is 1. The fraction of sp³-hybridized carbons (Fsp3) is 0.438. The number of para-hydroxylation sites is 1. The zero-order valence-electron chi connectivity index (χ0n) is 23.4. The second kappa shape index (κ2) is 11.2. The summed E-state index contributed by atoms with van der Waals surface area (Å²) in [5, 5.41) is 0. The topological polar surface area (TPSA) is 39.7 Å². The Morgan fingerprint density at radius 3 is 2.08 bits per heavy atom. The van der Waals surface area contributed by atoms with Gasteiger partial charge in [-0.15, -0.1) is 0 Å². The minimum absolute atomic E-state index is 0.00666. The van der Waals surface area contributed by atoms with Gasteiger partial charge in [-0.05, 0) is 94.5 Å². The standard InChI is InChI=1S/C32H37F3N4O/c1-23-13-18-36-24(2)29(23)30(40)37-21-16-31(3,17-22-37)38-19-14-28(15-20-38)39(26-7-5-4-6-8-26)27-11-9-25(10-12-27)32(33,34)35/h4-13,18,28H,14-17,19-22H2,1-3H3. The predicted octanol–water partition coefficient (Wildman–Crippen LogP) is 7.01. The van der Waals surface area contributed by atoms with Crippen molar-refractivity contribution in [3.05, 3.63) is 89.2 Å². The molecule has 3 heterocycles. The fourth-order valence-corrected chi connectivity index (χ4v) is 6.32. The first kappa shape index (κ1) is 28.1. The van der Waals surface area contributed by atoms with Crippen molar-refractivity contribution in [3.63, 3.8) is 0 Å². The molecule has 1 aromatic heterocycles. The maximum Gasteiger partial charge on any atom is 0.416 e. The number of amides is 1. The molecule has 0 unspecified atom stereocenters. The van der Waals surface area contributed by atoms with Gasteiger partial charge in [0.1, 0.15) is 0 Å². The van der Waals surface area contributed by atoms with Crippen molar-refractivity contribution in [1.82, 2.24) is 14.8 Å². The monoisotopic (exact) mass is 550 g/mol. The smallest absolute Gasteiger partial charge is 0.338 e. The number of hydrogen-bond donors (Lipinski definition) is 0. The van der Waals surface area contributed by atoms with Gasteiger partial charge >= 0.3 is 6.18 Å². The number of alkyl halides is 3. The Labute approximate surface area is 234 Å². The Morgan fingerprint density at radius 2 is 1.50 bits per heavy atom. The van der Waals surface area contributed by atoms with Crippen LogP contribution in [0.1, 0.15) is 59.8 Å². The molecule has 2 saturated heterocycles. The quantitative estimate of drug-likeness (QED) is 0.343. The lowest BCUT2D eigenvalue weighted by Gasteiger charge is -2.50. The van der Waals surface area contributed by atoms with E-state index in [0.29, 0.717) is 13.1 Å². The first-order valence-electron chi connectivity index (χ1n) is 14.0. The maximum absolute atomic E-state index is 13.3. The van der Waals surface area contributed by atoms with E-state index in [9.17, 15) is 18.0 Å². The summed E-state index contributed by atoms with van der Waals surface area (Å²) in [4.78, 5) is 24.3. The second-order valence-corrected chi connectivity index (χ2v) is 11.3. The van der Waals surface area contributed by atoms with Crippen molar-refractivity contribution in [1.29, 1.82) is 0 Å². The molecule has 0 saturated carbocycles. The fourth-order valence-electron chi connectivity index (χ4n) is 6.32. The SMILES string of the molecule is Cc1ccnc(C)c1C(=O)N1CCC(C)(N2CCC(N(c3ccccc3)c3ccc(C(F)(F)F)cc3)CC2)CC1. The van der Waals surface area contributed by atoms with Gasteiger partial charge in [-0.25, -0.2) is 0 Å². The Hall–Kier alpha value is -3.39. The average molecular weight is 551 g/mol. The third kappa shape index (κ3) is 5.73. The van der Waals surface area contributed by atoms with Crippen LogP contribution in [0.4, 0.5) is 24.5 Å². The van der Waals surface area contributed by atoms with E-state index in [1.807, 2.05) is 55.1 Å². The van der Waals surface area contributed by atoms with E-state index < -0.39 is 11.7 Å². The molecule has 3 aromatic rings. The first-order chi connectivity index (χ1) is 19.1. The molecule has 40 heavy (non-hydrogen) atoms. The Bertz CT molecular complexity index is 1290. The molecule has 2 aliphatic heterocycles. The molecule has 212 valence electrons. The van der Waals surface area contributed by atoms with Gasteiger partial charge in [-0.3, -0.25) is 14.7 Å². The number of piperidine rings is 2. The molecule has 0 N–H and O–H groups in total. The van der Waals surface area contributed by atoms with Crippen LogP contribution >= 0.6 is 0 Å². The lowest BCUT2D eigenvalue weighted by molar-refractivity contribution is -0.137. The highest BCUT2D eigenvalue weighted by molar-refractivity contribution is 5.96. The van der Waals surface area contributed by atoms with E-state index in [1.54, 1.807) is 18.3 Å². The number of hydrogen-bond acceptors (Lipinski definition) is 4. The van der Waals surface area contributed by atoms with E-state index in [1.165, 1.54) is 12.1 Å². The predicted molar refractivity (Wildman–Crippen MR) is 152 cm³/mol. The van der Waals surface area contributed by atoms with Crippen LogP contribution in [0.5, 0.6) is 0 Å². The maximum atomic E-state index is 13.3. The highest BCUT2D eigenvalue weighted by atomic mass is 19.4. The number of halogens is 3. The van der Waals surface area contributed by atoms with Crippen LogP contribution in [0.2, 0.25) is 0 Å². The minimum Gasteiger partial charge on any atom is -0.338 e. The molecule has 8 heteroatoms. The van der Waals surface area contributed by atoms with Crippen LogP contribution in [-0.2, 0) is 6.18 Å². The largest absolute Gasteiger partial charge is 0.416 e.